The first-order valence-corrected chi connectivity index (χ1v) is 5.44. The van der Waals surface area contributed by atoms with Crippen molar-refractivity contribution in [3.63, 3.8) is 0 Å². The maximum Gasteiger partial charge on any atom is 0.242 e. The second kappa shape index (κ2) is 5.89. The van der Waals surface area contributed by atoms with Crippen LogP contribution in [0.2, 0.25) is 10.0 Å². The molecule has 0 aromatic heterocycles. The zero-order valence-electron chi connectivity index (χ0n) is 8.09. The van der Waals surface area contributed by atoms with E-state index < -0.39 is 0 Å². The van der Waals surface area contributed by atoms with Crippen molar-refractivity contribution in [1.29, 1.82) is 0 Å². The van der Waals surface area contributed by atoms with E-state index in [1.807, 2.05) is 0 Å². The van der Waals surface area contributed by atoms with Crippen molar-refractivity contribution >= 4 is 46.4 Å². The molecule has 0 atom stereocenters. The van der Waals surface area contributed by atoms with E-state index in [9.17, 15) is 4.79 Å². The third kappa shape index (κ3) is 3.84. The fourth-order valence-electron chi connectivity index (χ4n) is 1.04. The van der Waals surface area contributed by atoms with Crippen LogP contribution in [0.4, 0.5) is 0 Å². The Morgan fingerprint density at radius 3 is 2.38 bits per heavy atom. The number of hydrogen-bond donors (Lipinski definition) is 3. The minimum Gasteiger partial charge on any atom is -0.375 e. The first kappa shape index (κ1) is 13.0. The van der Waals surface area contributed by atoms with Gasteiger partial charge < -0.3 is 5.73 Å². The zero-order valence-corrected chi connectivity index (χ0v) is 10.4. The topological polar surface area (TPSA) is 67.2 Å². The summed E-state index contributed by atoms with van der Waals surface area (Å²) in [4.78, 5) is 11.4. The van der Waals surface area contributed by atoms with Gasteiger partial charge in [-0.15, -0.1) is 0 Å². The van der Waals surface area contributed by atoms with E-state index in [4.69, 9.17) is 28.9 Å². The third-order valence-electron chi connectivity index (χ3n) is 1.72. The Kier molecular flexibility index (Phi) is 4.79. The Balaban J connectivity index is 2.66. The summed E-state index contributed by atoms with van der Waals surface area (Å²) in [5, 5.41) is 0.870. The van der Waals surface area contributed by atoms with Gasteiger partial charge in [0, 0.05) is 10.0 Å². The van der Waals surface area contributed by atoms with Gasteiger partial charge in [0.15, 0.2) is 5.11 Å². The van der Waals surface area contributed by atoms with Crippen molar-refractivity contribution in [2.75, 3.05) is 0 Å². The van der Waals surface area contributed by atoms with Gasteiger partial charge in [0.1, 0.15) is 0 Å². The SMILES string of the molecule is NC(=S)NNC(=O)Cc1c(Cl)cccc1Cl. The molecule has 1 aromatic carbocycles. The van der Waals surface area contributed by atoms with Crippen LogP contribution in [0.3, 0.4) is 0 Å². The van der Waals surface area contributed by atoms with Crippen molar-refractivity contribution in [2.45, 2.75) is 6.42 Å². The van der Waals surface area contributed by atoms with Crippen LogP contribution in [0.15, 0.2) is 18.2 Å². The Bertz CT molecular complexity index is 405. The van der Waals surface area contributed by atoms with E-state index >= 15 is 0 Å². The van der Waals surface area contributed by atoms with Crippen LogP contribution >= 0.6 is 35.4 Å². The molecule has 4 N–H and O–H groups in total. The highest BCUT2D eigenvalue weighted by Crippen LogP contribution is 2.24. The molecule has 0 aliphatic rings. The van der Waals surface area contributed by atoms with Crippen LogP contribution < -0.4 is 16.6 Å². The molecule has 1 amide bonds. The van der Waals surface area contributed by atoms with Crippen molar-refractivity contribution in [1.82, 2.24) is 10.9 Å². The maximum absolute atomic E-state index is 11.4. The predicted octanol–water partition coefficient (Wildman–Crippen LogP) is 1.40. The standard InChI is InChI=1S/C9H9Cl2N3OS/c10-6-2-1-3-7(11)5(6)4-8(15)13-14-9(12)16/h1-3H,4H2,(H,13,15)(H3,12,14,16). The van der Waals surface area contributed by atoms with Crippen LogP contribution in [0, 0.1) is 0 Å². The monoisotopic (exact) mass is 277 g/mol. The molecule has 1 aromatic rings. The predicted molar refractivity (Wildman–Crippen MR) is 68.2 cm³/mol. The Hall–Kier alpha value is -1.04. The fourth-order valence-corrected chi connectivity index (χ4v) is 1.62. The number of hydrogen-bond acceptors (Lipinski definition) is 2. The van der Waals surface area contributed by atoms with Gasteiger partial charge in [-0.3, -0.25) is 15.6 Å². The summed E-state index contributed by atoms with van der Waals surface area (Å²) in [6.07, 6.45) is 0.0497. The molecular weight excluding hydrogens is 269 g/mol. The highest BCUT2D eigenvalue weighted by Gasteiger charge is 2.10. The second-order valence-electron chi connectivity index (χ2n) is 2.91. The molecule has 0 bridgehead atoms. The highest BCUT2D eigenvalue weighted by atomic mass is 35.5. The summed E-state index contributed by atoms with van der Waals surface area (Å²) >= 11 is 16.3. The number of carbonyl (C=O) groups excluding carboxylic acids is 1. The average Bonchev–Trinajstić information content (AvgIpc) is 2.21. The molecule has 0 fully saturated rings. The van der Waals surface area contributed by atoms with Crippen molar-refractivity contribution in [2.24, 2.45) is 5.73 Å². The van der Waals surface area contributed by atoms with Gasteiger partial charge in [-0.2, -0.15) is 0 Å². The minimum absolute atomic E-state index is 0.0152. The molecule has 0 unspecified atom stereocenters. The van der Waals surface area contributed by atoms with Gasteiger partial charge in [-0.25, -0.2) is 0 Å². The van der Waals surface area contributed by atoms with E-state index in [1.54, 1.807) is 18.2 Å². The molecule has 16 heavy (non-hydrogen) atoms. The molecule has 0 aliphatic carbocycles. The van der Waals surface area contributed by atoms with Crippen LogP contribution in [0.25, 0.3) is 0 Å². The van der Waals surface area contributed by atoms with Gasteiger partial charge >= 0.3 is 0 Å². The van der Waals surface area contributed by atoms with Crippen molar-refractivity contribution in [3.8, 4) is 0 Å². The molecule has 4 nitrogen and oxygen atoms in total. The number of carbonyl (C=O) groups is 1. The minimum atomic E-state index is -0.331. The summed E-state index contributed by atoms with van der Waals surface area (Å²) in [5.41, 5.74) is 10.4. The summed E-state index contributed by atoms with van der Waals surface area (Å²) in [6, 6.07) is 5.04. The molecule has 0 saturated heterocycles. The quantitative estimate of drug-likeness (QED) is 0.565. The zero-order chi connectivity index (χ0) is 12.1. The maximum atomic E-state index is 11.4. The van der Waals surface area contributed by atoms with E-state index in [-0.39, 0.29) is 17.4 Å². The van der Waals surface area contributed by atoms with Gasteiger partial charge in [-0.05, 0) is 29.9 Å². The number of nitrogens with one attached hydrogen (secondary N) is 2. The summed E-state index contributed by atoms with van der Waals surface area (Å²) in [7, 11) is 0. The Morgan fingerprint density at radius 1 is 1.31 bits per heavy atom. The number of hydrazine groups is 1. The molecule has 0 radical (unpaired) electrons. The lowest BCUT2D eigenvalue weighted by atomic mass is 10.1. The molecular formula is C9H9Cl2N3OS. The average molecular weight is 278 g/mol. The van der Waals surface area contributed by atoms with Crippen molar-refractivity contribution in [3.05, 3.63) is 33.8 Å². The lowest BCUT2D eigenvalue weighted by molar-refractivity contribution is -0.121. The molecule has 86 valence electrons. The number of nitrogens with two attached hydrogens (primary N) is 1. The number of thiocarbonyl (C=S) groups is 1. The summed E-state index contributed by atoms with van der Waals surface area (Å²) < 4.78 is 0. The lowest BCUT2D eigenvalue weighted by Crippen LogP contribution is -2.45. The van der Waals surface area contributed by atoms with Gasteiger partial charge in [0.05, 0.1) is 6.42 Å². The van der Waals surface area contributed by atoms with Gasteiger partial charge in [-0.1, -0.05) is 29.3 Å². The molecule has 7 heteroatoms. The van der Waals surface area contributed by atoms with Crippen LogP contribution in [-0.4, -0.2) is 11.0 Å². The van der Waals surface area contributed by atoms with Gasteiger partial charge in [0.2, 0.25) is 5.91 Å². The Labute approximate surface area is 108 Å². The Morgan fingerprint density at radius 2 is 1.88 bits per heavy atom. The van der Waals surface area contributed by atoms with Crippen LogP contribution in [0.1, 0.15) is 5.56 Å². The lowest BCUT2D eigenvalue weighted by Gasteiger charge is -2.08. The van der Waals surface area contributed by atoms with Crippen LogP contribution in [0.5, 0.6) is 0 Å². The summed E-state index contributed by atoms with van der Waals surface area (Å²) in [6.45, 7) is 0. The number of benzene rings is 1. The number of amides is 1. The molecule has 0 heterocycles. The largest absolute Gasteiger partial charge is 0.375 e. The van der Waals surface area contributed by atoms with Gasteiger partial charge in [0.25, 0.3) is 0 Å². The normalized spacial score (nSPS) is 9.62. The van der Waals surface area contributed by atoms with Crippen LogP contribution in [-0.2, 0) is 11.2 Å². The smallest absolute Gasteiger partial charge is 0.242 e. The second-order valence-corrected chi connectivity index (χ2v) is 4.17. The molecule has 1 rings (SSSR count). The van der Waals surface area contributed by atoms with Crippen molar-refractivity contribution < 1.29 is 4.79 Å². The van der Waals surface area contributed by atoms with E-state index in [0.29, 0.717) is 15.6 Å². The third-order valence-corrected chi connectivity index (χ3v) is 2.53. The fraction of sp³-hybridized carbons (Fsp3) is 0.111. The number of halogens is 2. The van der Waals surface area contributed by atoms with E-state index in [1.165, 1.54) is 0 Å². The molecule has 0 saturated carbocycles. The van der Waals surface area contributed by atoms with E-state index in [0.717, 1.165) is 0 Å². The first-order valence-electron chi connectivity index (χ1n) is 4.28. The molecule has 0 aliphatic heterocycles. The highest BCUT2D eigenvalue weighted by molar-refractivity contribution is 7.80. The number of rotatable bonds is 2. The van der Waals surface area contributed by atoms with E-state index in [2.05, 4.69) is 23.1 Å². The molecule has 0 spiro atoms. The summed E-state index contributed by atoms with van der Waals surface area (Å²) in [5.74, 6) is -0.331. The first-order chi connectivity index (χ1) is 7.50.